The summed E-state index contributed by atoms with van der Waals surface area (Å²) in [5.74, 6) is 0.747. The number of ether oxygens (including phenoxy) is 2. The third-order valence-electron chi connectivity index (χ3n) is 2.75. The molecule has 0 saturated heterocycles. The number of pyridine rings is 1. The molecule has 2 rings (SSSR count). The first-order chi connectivity index (χ1) is 8.60. The Morgan fingerprint density at radius 3 is 2.78 bits per heavy atom. The number of carbonyl (C=O) groups is 1. The molecule has 4 nitrogen and oxygen atoms in total. The number of hydrogen-bond donors (Lipinski definition) is 0. The summed E-state index contributed by atoms with van der Waals surface area (Å²) in [6, 6.07) is 1.84. The topological polar surface area (TPSA) is 48.4 Å². The summed E-state index contributed by atoms with van der Waals surface area (Å²) in [5, 5.41) is 0. The van der Waals surface area contributed by atoms with Gasteiger partial charge in [0.2, 0.25) is 0 Å². The molecule has 0 aromatic carbocycles. The smallest absolute Gasteiger partial charge is 0.314 e. The second kappa shape index (κ2) is 5.38. The highest BCUT2D eigenvalue weighted by atomic mass is 16.6. The number of aryl methyl sites for hydroxylation is 1. The van der Waals surface area contributed by atoms with E-state index < -0.39 is 0 Å². The van der Waals surface area contributed by atoms with Crippen LogP contribution in [0.3, 0.4) is 0 Å². The zero-order valence-corrected chi connectivity index (χ0v) is 11.1. The first-order valence-electron chi connectivity index (χ1n) is 6.47. The van der Waals surface area contributed by atoms with Crippen LogP contribution in [0.2, 0.25) is 0 Å². The third kappa shape index (κ3) is 3.22. The molecule has 0 aliphatic heterocycles. The highest BCUT2D eigenvalue weighted by molar-refractivity contribution is 5.77. The van der Waals surface area contributed by atoms with Crippen LogP contribution in [0.25, 0.3) is 0 Å². The number of aromatic nitrogens is 1. The summed E-state index contributed by atoms with van der Waals surface area (Å²) in [4.78, 5) is 15.9. The van der Waals surface area contributed by atoms with Crippen molar-refractivity contribution in [3.05, 3.63) is 17.8 Å². The van der Waals surface area contributed by atoms with Crippen LogP contribution in [-0.4, -0.2) is 17.1 Å². The molecule has 18 heavy (non-hydrogen) atoms. The van der Waals surface area contributed by atoms with E-state index in [4.69, 9.17) is 9.47 Å². The van der Waals surface area contributed by atoms with Crippen molar-refractivity contribution < 1.29 is 14.3 Å². The molecular formula is C14H19NO3. The van der Waals surface area contributed by atoms with E-state index in [0.717, 1.165) is 24.8 Å². The second-order valence-corrected chi connectivity index (χ2v) is 4.86. The fourth-order valence-corrected chi connectivity index (χ4v) is 1.56. The van der Waals surface area contributed by atoms with Crippen molar-refractivity contribution in [2.45, 2.75) is 46.1 Å². The van der Waals surface area contributed by atoms with Crippen molar-refractivity contribution >= 4 is 5.97 Å². The van der Waals surface area contributed by atoms with Gasteiger partial charge in [0.05, 0.1) is 12.0 Å². The number of hydrogen-bond acceptors (Lipinski definition) is 4. The van der Waals surface area contributed by atoms with Gasteiger partial charge in [0.15, 0.2) is 5.75 Å². The maximum absolute atomic E-state index is 11.7. The Kier molecular flexibility index (Phi) is 3.84. The van der Waals surface area contributed by atoms with Crippen molar-refractivity contribution in [1.29, 1.82) is 0 Å². The van der Waals surface area contributed by atoms with Gasteiger partial charge in [0, 0.05) is 6.20 Å². The molecule has 1 heterocycles. The monoisotopic (exact) mass is 249 g/mol. The zero-order chi connectivity index (χ0) is 13.1. The molecule has 0 atom stereocenters. The van der Waals surface area contributed by atoms with Crippen molar-refractivity contribution in [1.82, 2.24) is 4.98 Å². The number of rotatable bonds is 5. The molecule has 0 amide bonds. The zero-order valence-electron chi connectivity index (χ0n) is 11.1. The lowest BCUT2D eigenvalue weighted by Crippen LogP contribution is -2.14. The molecule has 0 radical (unpaired) electrons. The van der Waals surface area contributed by atoms with E-state index in [-0.39, 0.29) is 18.0 Å². The van der Waals surface area contributed by atoms with Gasteiger partial charge in [-0.25, -0.2) is 4.98 Å². The van der Waals surface area contributed by atoms with E-state index in [9.17, 15) is 4.79 Å². The maximum atomic E-state index is 11.7. The van der Waals surface area contributed by atoms with E-state index in [1.165, 1.54) is 0 Å². The summed E-state index contributed by atoms with van der Waals surface area (Å²) < 4.78 is 10.9. The average molecular weight is 249 g/mol. The molecule has 1 aliphatic rings. The second-order valence-electron chi connectivity index (χ2n) is 4.86. The van der Waals surface area contributed by atoms with E-state index in [2.05, 4.69) is 4.98 Å². The van der Waals surface area contributed by atoms with Crippen LogP contribution in [-0.2, 0) is 11.2 Å². The van der Waals surface area contributed by atoms with Crippen molar-refractivity contribution in [3.8, 4) is 11.6 Å². The van der Waals surface area contributed by atoms with Gasteiger partial charge in [-0.05, 0) is 44.7 Å². The molecule has 0 bridgehead atoms. The Balaban J connectivity index is 2.19. The highest BCUT2D eigenvalue weighted by Gasteiger charge is 2.32. The van der Waals surface area contributed by atoms with Gasteiger partial charge in [0.25, 0.3) is 5.88 Å². The van der Waals surface area contributed by atoms with E-state index in [1.54, 1.807) is 6.20 Å². The van der Waals surface area contributed by atoms with Crippen LogP contribution < -0.4 is 9.47 Å². The summed E-state index contributed by atoms with van der Waals surface area (Å²) in [5.41, 5.74) is 1.03. The normalized spacial score (nSPS) is 14.7. The van der Waals surface area contributed by atoms with E-state index >= 15 is 0 Å². The Hall–Kier alpha value is -1.58. The van der Waals surface area contributed by atoms with Gasteiger partial charge in [-0.3, -0.25) is 4.79 Å². The number of nitrogens with zero attached hydrogens (tertiary/aromatic N) is 1. The Morgan fingerprint density at radius 1 is 1.50 bits per heavy atom. The van der Waals surface area contributed by atoms with Crippen molar-refractivity contribution in [2.75, 3.05) is 0 Å². The van der Waals surface area contributed by atoms with Gasteiger partial charge < -0.3 is 9.47 Å². The molecule has 0 spiro atoms. The lowest BCUT2D eigenvalue weighted by Gasteiger charge is -2.13. The quantitative estimate of drug-likeness (QED) is 0.753. The summed E-state index contributed by atoms with van der Waals surface area (Å²) in [6.45, 7) is 5.87. The molecule has 1 aromatic rings. The largest absolute Gasteiger partial charge is 0.472 e. The van der Waals surface area contributed by atoms with Gasteiger partial charge in [-0.2, -0.15) is 0 Å². The van der Waals surface area contributed by atoms with Gasteiger partial charge in [-0.15, -0.1) is 0 Å². The van der Waals surface area contributed by atoms with Crippen LogP contribution in [0.15, 0.2) is 12.3 Å². The highest BCUT2D eigenvalue weighted by Crippen LogP contribution is 2.33. The molecule has 1 fully saturated rings. The average Bonchev–Trinajstić information content (AvgIpc) is 3.14. The maximum Gasteiger partial charge on any atom is 0.314 e. The standard InChI is InChI=1S/C14H19NO3/c1-4-10-7-12(18-14(16)11-5-6-11)13(15-8-10)17-9(2)3/h7-9,11H,4-6H2,1-3H3. The molecule has 98 valence electrons. The number of esters is 1. The fraction of sp³-hybridized carbons (Fsp3) is 0.571. The molecular weight excluding hydrogens is 230 g/mol. The molecule has 4 heteroatoms. The molecule has 1 aromatic heterocycles. The van der Waals surface area contributed by atoms with Gasteiger partial charge >= 0.3 is 5.97 Å². The van der Waals surface area contributed by atoms with Crippen molar-refractivity contribution in [3.63, 3.8) is 0 Å². The van der Waals surface area contributed by atoms with Gasteiger partial charge in [0.1, 0.15) is 0 Å². The van der Waals surface area contributed by atoms with Crippen LogP contribution >= 0.6 is 0 Å². The third-order valence-corrected chi connectivity index (χ3v) is 2.75. The molecule has 0 N–H and O–H groups in total. The SMILES string of the molecule is CCc1cnc(OC(C)C)c(OC(=O)C2CC2)c1. The predicted molar refractivity (Wildman–Crippen MR) is 67.7 cm³/mol. The minimum atomic E-state index is -0.168. The van der Waals surface area contributed by atoms with Crippen LogP contribution in [0.4, 0.5) is 0 Å². The number of carbonyl (C=O) groups excluding carboxylic acids is 1. The van der Waals surface area contributed by atoms with Crippen LogP contribution in [0.1, 0.15) is 39.2 Å². The summed E-state index contributed by atoms with van der Waals surface area (Å²) in [6.07, 6.45) is 4.47. The van der Waals surface area contributed by atoms with Gasteiger partial charge in [-0.1, -0.05) is 6.92 Å². The lowest BCUT2D eigenvalue weighted by molar-refractivity contribution is -0.135. The first-order valence-corrected chi connectivity index (χ1v) is 6.47. The molecule has 0 unspecified atom stereocenters. The van der Waals surface area contributed by atoms with Crippen LogP contribution in [0, 0.1) is 5.92 Å². The van der Waals surface area contributed by atoms with E-state index in [1.807, 2.05) is 26.8 Å². The minimum Gasteiger partial charge on any atom is -0.472 e. The summed E-state index contributed by atoms with van der Waals surface area (Å²) >= 11 is 0. The molecule has 1 aliphatic carbocycles. The lowest BCUT2D eigenvalue weighted by atomic mass is 10.2. The Labute approximate surface area is 107 Å². The fourth-order valence-electron chi connectivity index (χ4n) is 1.56. The van der Waals surface area contributed by atoms with E-state index in [0.29, 0.717) is 11.6 Å². The first kappa shape index (κ1) is 12.9. The Morgan fingerprint density at radius 2 is 2.22 bits per heavy atom. The molecule has 1 saturated carbocycles. The van der Waals surface area contributed by atoms with Crippen molar-refractivity contribution in [2.24, 2.45) is 5.92 Å². The minimum absolute atomic E-state index is 0.00311. The predicted octanol–water partition coefficient (Wildman–Crippen LogP) is 2.75. The Bertz CT molecular complexity index is 439. The van der Waals surface area contributed by atoms with Crippen LogP contribution in [0.5, 0.6) is 11.6 Å². The summed E-state index contributed by atoms with van der Waals surface area (Å²) in [7, 11) is 0.